The number of hydrogen-bond donors (Lipinski definition) is 4. The molecule has 12 aromatic rings. The number of nitriles is 3. The van der Waals surface area contributed by atoms with Gasteiger partial charge in [0.05, 0.1) is 80.8 Å². The van der Waals surface area contributed by atoms with Gasteiger partial charge in [0.2, 0.25) is 0 Å². The zero-order valence-electron chi connectivity index (χ0n) is 55.3. The van der Waals surface area contributed by atoms with Crippen molar-refractivity contribution >= 4 is 38.5 Å². The number of aromatic amines is 3. The Morgan fingerprint density at radius 3 is 1.10 bits per heavy atom. The van der Waals surface area contributed by atoms with E-state index in [0.29, 0.717) is 91.5 Å². The van der Waals surface area contributed by atoms with E-state index in [-0.39, 0.29) is 18.3 Å². The number of fused-ring (bicyclic) bond motifs is 3. The van der Waals surface area contributed by atoms with Gasteiger partial charge in [-0.05, 0) is 150 Å². The van der Waals surface area contributed by atoms with Crippen LogP contribution in [0.25, 0.3) is 99.9 Å². The number of H-pyrrole nitrogens is 3. The Morgan fingerprint density at radius 1 is 0.394 bits per heavy atom. The molecular formula is C81H78N12O6. The third kappa shape index (κ3) is 14.3. The van der Waals surface area contributed by atoms with Gasteiger partial charge in [-0.15, -0.1) is 0 Å². The molecule has 6 aromatic heterocycles. The molecule has 17 rings (SSSR count). The van der Waals surface area contributed by atoms with Crippen molar-refractivity contribution in [3.63, 3.8) is 0 Å². The summed E-state index contributed by atoms with van der Waals surface area (Å²) in [5.74, 6) is 2.43. The van der Waals surface area contributed by atoms with Gasteiger partial charge < -0.3 is 49.1 Å². The average molecular weight is 1320 g/mol. The molecule has 0 atom stereocenters. The smallest absolute Gasteiger partial charge is 0.137 e. The van der Waals surface area contributed by atoms with E-state index in [1.165, 1.54) is 51.4 Å². The average Bonchev–Trinajstić information content (AvgIpc) is 1.63. The minimum absolute atomic E-state index is 0.0934. The maximum Gasteiger partial charge on any atom is 0.137 e. The van der Waals surface area contributed by atoms with Gasteiger partial charge in [-0.2, -0.15) is 26.0 Å². The van der Waals surface area contributed by atoms with Crippen molar-refractivity contribution < 1.29 is 28.4 Å². The van der Waals surface area contributed by atoms with Crippen LogP contribution in [0.15, 0.2) is 171 Å². The lowest BCUT2D eigenvalue weighted by atomic mass is 9.93. The van der Waals surface area contributed by atoms with E-state index < -0.39 is 0 Å². The van der Waals surface area contributed by atoms with Gasteiger partial charge in [0, 0.05) is 124 Å². The molecular weight excluding hydrogens is 1240 g/mol. The highest BCUT2D eigenvalue weighted by Crippen LogP contribution is 2.40. The highest BCUT2D eigenvalue weighted by molar-refractivity contribution is 6.01. The van der Waals surface area contributed by atoms with Crippen molar-refractivity contribution in [2.45, 2.75) is 120 Å². The summed E-state index contributed by atoms with van der Waals surface area (Å²) in [5.41, 5.74) is 23.0. The van der Waals surface area contributed by atoms with Crippen LogP contribution in [-0.4, -0.2) is 97.5 Å². The first-order valence-electron chi connectivity index (χ1n) is 34.8. The lowest BCUT2D eigenvalue weighted by molar-refractivity contribution is 0.0252. The van der Waals surface area contributed by atoms with Crippen LogP contribution in [0.5, 0.6) is 17.2 Å². The van der Waals surface area contributed by atoms with Crippen molar-refractivity contribution in [2.75, 3.05) is 45.4 Å². The molecule has 18 nitrogen and oxygen atoms in total. The molecule has 0 unspecified atom stereocenters. The number of nitrogens with zero attached hydrogens (tertiary/aromatic N) is 8. The first-order valence-corrected chi connectivity index (χ1v) is 34.8. The molecule has 0 bridgehead atoms. The van der Waals surface area contributed by atoms with Crippen molar-refractivity contribution in [3.05, 3.63) is 187 Å². The summed E-state index contributed by atoms with van der Waals surface area (Å²) in [4.78, 5) is 14.8. The van der Waals surface area contributed by atoms with Crippen molar-refractivity contribution in [1.29, 1.82) is 15.8 Å². The topological polar surface area (TPSA) is 249 Å². The summed E-state index contributed by atoms with van der Waals surface area (Å²) < 4.78 is 38.9. The second-order valence-electron chi connectivity index (χ2n) is 26.4. The van der Waals surface area contributed by atoms with E-state index in [0.717, 1.165) is 138 Å². The second kappa shape index (κ2) is 29.4. The van der Waals surface area contributed by atoms with Gasteiger partial charge in [0.1, 0.15) is 59.6 Å². The van der Waals surface area contributed by atoms with E-state index in [9.17, 15) is 15.8 Å². The van der Waals surface area contributed by atoms with Crippen molar-refractivity contribution in [1.82, 2.24) is 39.5 Å². The number of nitrogen functional groups attached to an aromatic ring is 1. The lowest BCUT2D eigenvalue weighted by Gasteiger charge is -2.25. The predicted molar refractivity (Wildman–Crippen MR) is 384 cm³/mol. The molecule has 0 spiro atoms. The van der Waals surface area contributed by atoms with Crippen LogP contribution in [0.3, 0.4) is 0 Å². The number of benzene rings is 6. The van der Waals surface area contributed by atoms with Crippen LogP contribution in [0.1, 0.15) is 119 Å². The molecule has 3 saturated heterocycles. The zero-order valence-corrected chi connectivity index (χ0v) is 55.3. The van der Waals surface area contributed by atoms with Gasteiger partial charge in [0.25, 0.3) is 0 Å². The first kappa shape index (κ1) is 64.1. The molecule has 3 aliphatic heterocycles. The maximum atomic E-state index is 9.82. The van der Waals surface area contributed by atoms with Crippen LogP contribution in [0.2, 0.25) is 0 Å². The van der Waals surface area contributed by atoms with Gasteiger partial charge in [-0.3, -0.25) is 9.36 Å². The minimum Gasteiger partial charge on any atom is -0.489 e. The van der Waals surface area contributed by atoms with Crippen LogP contribution in [0, 0.1) is 34.0 Å². The predicted octanol–water partition coefficient (Wildman–Crippen LogP) is 17.4. The Bertz CT molecular complexity index is 4950. The zero-order chi connectivity index (χ0) is 67.0. The van der Waals surface area contributed by atoms with Crippen LogP contribution in [-0.2, 0) is 14.2 Å². The van der Waals surface area contributed by atoms with Crippen LogP contribution < -0.4 is 19.9 Å². The van der Waals surface area contributed by atoms with Crippen LogP contribution >= 0.6 is 0 Å². The van der Waals surface area contributed by atoms with E-state index in [2.05, 4.69) is 131 Å². The summed E-state index contributed by atoms with van der Waals surface area (Å²) in [6.45, 7) is 4.24. The number of rotatable bonds is 14. The summed E-state index contributed by atoms with van der Waals surface area (Å²) >= 11 is 0. The number of hydrogen-bond acceptors (Lipinski definition) is 13. The number of anilines is 1. The Kier molecular flexibility index (Phi) is 19.0. The van der Waals surface area contributed by atoms with Crippen molar-refractivity contribution in [2.24, 2.45) is 0 Å². The number of ether oxygens (including phenoxy) is 6. The number of nitrogens with one attached hydrogen (secondary N) is 3. The van der Waals surface area contributed by atoms with Gasteiger partial charge in [0.15, 0.2) is 0 Å². The Morgan fingerprint density at radius 2 is 0.758 bits per heavy atom. The highest BCUT2D eigenvalue weighted by Gasteiger charge is 2.25. The molecule has 99 heavy (non-hydrogen) atoms. The van der Waals surface area contributed by atoms with E-state index in [1.807, 2.05) is 85.2 Å². The third-order valence-corrected chi connectivity index (χ3v) is 19.9. The Labute approximate surface area is 574 Å². The fourth-order valence-electron chi connectivity index (χ4n) is 14.2. The lowest BCUT2D eigenvalue weighted by Crippen LogP contribution is -2.26. The summed E-state index contributed by atoms with van der Waals surface area (Å²) in [6.07, 6.45) is 25.5. The van der Waals surface area contributed by atoms with Gasteiger partial charge in [-0.1, -0.05) is 73.9 Å². The minimum atomic E-state index is 0.0934. The van der Waals surface area contributed by atoms with E-state index >= 15 is 0 Å². The molecule has 5 fully saturated rings. The highest BCUT2D eigenvalue weighted by atomic mass is 16.5. The maximum absolute atomic E-state index is 9.82. The molecule has 18 heteroatoms. The molecule has 0 amide bonds. The van der Waals surface area contributed by atoms with E-state index in [4.69, 9.17) is 34.2 Å². The Hall–Kier alpha value is -10.9. The molecule has 2 aliphatic carbocycles. The molecule has 498 valence electrons. The van der Waals surface area contributed by atoms with Gasteiger partial charge >= 0.3 is 0 Å². The number of pyridine rings is 1. The summed E-state index contributed by atoms with van der Waals surface area (Å²) in [7, 11) is 0. The SMILES string of the molecule is N#Cc1cc(-c2cccc3[nH]c(-c4ccc(N)nc4)cc23)ccc1OC1CCOCC1.N#Cc1cc(-c2cccc3[nH]c(-c4cnn(C5CCC5)c4)cc23)ccc1OC1CCOCC1.N#Cc1cc(-c2cccc3[nH]c(-c4cnn(C5CCCCC5)c4)cc23)ccc1OC1CCOCC1. The molecule has 5 N–H and O–H groups in total. The largest absolute Gasteiger partial charge is 0.489 e. The normalized spacial score (nSPS) is 16.4. The standard InChI is InChI=1S/C29H30N4O2.C27H26N4O2.C25H22N4O2/c30-17-21-15-20(9-10-29(21)35-24-11-13-34-14-12-24)25-7-4-8-27-26(25)16-28(32-27)22-18-31-33(19-22)23-5-2-1-3-6-23;28-15-19-13-18(7-8-27(19)33-22-9-11-32-12-10-22)23-5-2-6-25-24(23)14-26(30-25)20-16-29-31(17-20)21-3-1-4-21;26-14-18-12-16(4-6-24(18)31-19-8-10-30-11-9-19)20-2-1-3-22-21(20)13-23(29-22)17-5-7-25(27)28-15-17/h4,7-10,15-16,18-19,23-24,32H,1-3,5-6,11-14H2;2,5-8,13-14,16-17,21-22,30H,1,3-4,9-12H2;1-7,12-13,15,19,29H,8-11H2,(H2,27,28). The third-order valence-electron chi connectivity index (χ3n) is 19.9. The quantitative estimate of drug-likeness (QED) is 0.0792. The summed E-state index contributed by atoms with van der Waals surface area (Å²) in [5, 5.41) is 42.0. The first-order chi connectivity index (χ1) is 48.8. The molecule has 6 aromatic carbocycles. The molecule has 5 aliphatic rings. The molecule has 0 radical (unpaired) electrons. The van der Waals surface area contributed by atoms with Crippen molar-refractivity contribution in [3.8, 4) is 103 Å². The van der Waals surface area contributed by atoms with E-state index in [1.54, 1.807) is 12.3 Å². The fraction of sp³-hybridized carbons (Fsp3) is 0.309. The monoisotopic (exact) mass is 1310 g/mol. The van der Waals surface area contributed by atoms with Crippen LogP contribution in [0.4, 0.5) is 5.82 Å². The molecule has 2 saturated carbocycles. The summed E-state index contributed by atoms with van der Waals surface area (Å²) in [6, 6.07) is 54.5. The Balaban J connectivity index is 0.000000121. The molecule has 9 heterocycles. The fourth-order valence-corrected chi connectivity index (χ4v) is 14.2. The number of nitrogens with two attached hydrogens (primary N) is 1. The second-order valence-corrected chi connectivity index (χ2v) is 26.4. The number of aromatic nitrogens is 8. The van der Waals surface area contributed by atoms with Gasteiger partial charge in [-0.25, -0.2) is 4.98 Å².